The molecular weight excluding hydrogens is 228 g/mol. The number of likely N-dealkylation sites (N-methyl/N-ethyl adjacent to an activating group) is 1. The van der Waals surface area contributed by atoms with E-state index in [4.69, 9.17) is 0 Å². The van der Waals surface area contributed by atoms with Crippen molar-refractivity contribution in [1.29, 1.82) is 0 Å². The lowest BCUT2D eigenvalue weighted by molar-refractivity contribution is -0.373. The summed E-state index contributed by atoms with van der Waals surface area (Å²) in [4.78, 5) is 0. The van der Waals surface area contributed by atoms with Crippen LogP contribution in [0.2, 0.25) is 0 Å². The zero-order valence-corrected chi connectivity index (χ0v) is 8.09. The van der Waals surface area contributed by atoms with Crippen LogP contribution in [0.1, 0.15) is 6.92 Å². The van der Waals surface area contributed by atoms with Crippen molar-refractivity contribution < 1.29 is 31.1 Å². The maximum Gasteiger partial charge on any atom is 0.426 e. The molecule has 0 rings (SSSR count). The number of alkyl halides is 6. The molecule has 0 aromatic rings. The summed E-state index contributed by atoms with van der Waals surface area (Å²) in [6.45, 7) is -0.795. The quantitative estimate of drug-likeness (QED) is 0.599. The molecule has 1 N–H and O–H groups in total. The van der Waals surface area contributed by atoms with Gasteiger partial charge in [-0.15, -0.1) is 0 Å². The molecule has 92 valence electrons. The highest BCUT2D eigenvalue weighted by Gasteiger charge is 2.69. The summed E-state index contributed by atoms with van der Waals surface area (Å²) in [5, 5.41) is 2.38. The summed E-state index contributed by atoms with van der Waals surface area (Å²) >= 11 is 0. The van der Waals surface area contributed by atoms with Crippen molar-refractivity contribution in [3.05, 3.63) is 0 Å². The van der Waals surface area contributed by atoms with E-state index >= 15 is 0 Å². The Hall–Kier alpha value is -0.500. The molecule has 0 fully saturated rings. The summed E-state index contributed by atoms with van der Waals surface area (Å²) in [6.07, 6.45) is -11.0. The van der Waals surface area contributed by atoms with Gasteiger partial charge < -0.3 is 10.1 Å². The molecule has 0 aromatic heterocycles. The average molecular weight is 239 g/mol. The van der Waals surface area contributed by atoms with Crippen LogP contribution in [0.3, 0.4) is 0 Å². The first-order valence-electron chi connectivity index (χ1n) is 3.98. The molecule has 0 radical (unpaired) electrons. The second kappa shape index (κ2) is 4.56. The lowest BCUT2D eigenvalue weighted by atomic mass is 10.1. The average Bonchev–Trinajstić information content (AvgIpc) is 2.00. The fraction of sp³-hybridized carbons (Fsp3) is 1.00. The van der Waals surface area contributed by atoms with Crippen molar-refractivity contribution in [3.8, 4) is 0 Å². The van der Waals surface area contributed by atoms with Gasteiger partial charge in [0.25, 0.3) is 5.60 Å². The minimum absolute atomic E-state index is 0.0251. The van der Waals surface area contributed by atoms with Crippen LogP contribution in [0.25, 0.3) is 0 Å². The minimum Gasteiger partial charge on any atom is -0.357 e. The molecule has 0 spiro atoms. The minimum atomic E-state index is -5.49. The normalized spacial score (nSPS) is 14.4. The molecule has 0 saturated heterocycles. The van der Waals surface area contributed by atoms with E-state index in [9.17, 15) is 26.3 Å². The molecule has 2 nitrogen and oxygen atoms in total. The van der Waals surface area contributed by atoms with Crippen molar-refractivity contribution >= 4 is 0 Å². The van der Waals surface area contributed by atoms with E-state index in [1.165, 1.54) is 7.05 Å². The van der Waals surface area contributed by atoms with Crippen LogP contribution in [-0.2, 0) is 4.74 Å². The Kier molecular flexibility index (Phi) is 4.41. The number of ether oxygens (including phenoxy) is 1. The second-order valence-electron chi connectivity index (χ2n) is 2.98. The molecule has 0 unspecified atom stereocenters. The van der Waals surface area contributed by atoms with Crippen LogP contribution in [0.4, 0.5) is 26.3 Å². The predicted molar refractivity (Wildman–Crippen MR) is 40.4 cm³/mol. The second-order valence-corrected chi connectivity index (χ2v) is 2.98. The number of hydrogen-bond acceptors (Lipinski definition) is 2. The molecule has 8 heteroatoms. The third-order valence-corrected chi connectivity index (χ3v) is 1.82. The van der Waals surface area contributed by atoms with Crippen LogP contribution >= 0.6 is 0 Å². The van der Waals surface area contributed by atoms with Crippen LogP contribution in [-0.4, -0.2) is 38.2 Å². The van der Waals surface area contributed by atoms with E-state index in [0.717, 1.165) is 0 Å². The molecular formula is C7H11F6NO. The molecule has 0 bridgehead atoms. The largest absolute Gasteiger partial charge is 0.426 e. The lowest BCUT2D eigenvalue weighted by Gasteiger charge is -2.33. The van der Waals surface area contributed by atoms with E-state index < -0.39 is 24.6 Å². The first kappa shape index (κ1) is 14.5. The molecule has 0 aliphatic heterocycles. The van der Waals surface area contributed by atoms with Crippen molar-refractivity contribution in [1.82, 2.24) is 5.32 Å². The molecule has 0 aliphatic carbocycles. The van der Waals surface area contributed by atoms with Crippen molar-refractivity contribution in [2.45, 2.75) is 24.9 Å². The Morgan fingerprint density at radius 2 is 1.40 bits per heavy atom. The van der Waals surface area contributed by atoms with Crippen molar-refractivity contribution in [3.63, 3.8) is 0 Å². The Balaban J connectivity index is 4.74. The summed E-state index contributed by atoms with van der Waals surface area (Å²) in [7, 11) is 1.39. The molecule has 0 aliphatic rings. The molecule has 0 aromatic carbocycles. The number of hydrogen-bond donors (Lipinski definition) is 1. The van der Waals surface area contributed by atoms with Crippen LogP contribution in [0, 0.1) is 0 Å². The Morgan fingerprint density at radius 1 is 1.00 bits per heavy atom. The molecule has 0 atom stereocenters. The summed E-state index contributed by atoms with van der Waals surface area (Å²) in [5.74, 6) is 0. The third-order valence-electron chi connectivity index (χ3n) is 1.82. The Labute approximate surface area is 82.6 Å². The topological polar surface area (TPSA) is 21.3 Å². The first-order chi connectivity index (χ1) is 6.56. The summed E-state index contributed by atoms with van der Waals surface area (Å²) in [5.41, 5.74) is -4.11. The van der Waals surface area contributed by atoms with E-state index in [0.29, 0.717) is 0 Å². The van der Waals surface area contributed by atoms with Crippen molar-refractivity contribution in [2.75, 3.05) is 20.2 Å². The smallest absolute Gasteiger partial charge is 0.357 e. The van der Waals surface area contributed by atoms with Gasteiger partial charge >= 0.3 is 12.4 Å². The highest BCUT2D eigenvalue weighted by molar-refractivity contribution is 4.91. The monoisotopic (exact) mass is 239 g/mol. The third kappa shape index (κ3) is 3.23. The van der Waals surface area contributed by atoms with E-state index in [1.807, 2.05) is 0 Å². The Bertz CT molecular complexity index is 185. The fourth-order valence-electron chi connectivity index (χ4n) is 0.682. The lowest BCUT2D eigenvalue weighted by Crippen LogP contribution is -2.56. The molecule has 15 heavy (non-hydrogen) atoms. The highest BCUT2D eigenvalue weighted by Crippen LogP contribution is 2.45. The Morgan fingerprint density at radius 3 is 1.67 bits per heavy atom. The molecule has 0 saturated carbocycles. The van der Waals surface area contributed by atoms with Gasteiger partial charge in [-0.05, 0) is 14.0 Å². The zero-order valence-electron chi connectivity index (χ0n) is 8.09. The summed E-state index contributed by atoms with van der Waals surface area (Å²) < 4.78 is 76.9. The van der Waals surface area contributed by atoms with Gasteiger partial charge in [0.15, 0.2) is 0 Å². The zero-order chi connectivity index (χ0) is 12.3. The maximum atomic E-state index is 12.2. The fourth-order valence-corrected chi connectivity index (χ4v) is 0.682. The SMILES string of the molecule is CNCCOC(C)(C(F)(F)F)C(F)(F)F. The van der Waals surface area contributed by atoms with Gasteiger partial charge in [-0.3, -0.25) is 0 Å². The van der Waals surface area contributed by atoms with Crippen molar-refractivity contribution in [2.24, 2.45) is 0 Å². The summed E-state index contributed by atoms with van der Waals surface area (Å²) in [6, 6.07) is 0. The van der Waals surface area contributed by atoms with Gasteiger partial charge in [0.05, 0.1) is 6.61 Å². The molecule has 0 amide bonds. The number of nitrogens with one attached hydrogen (secondary N) is 1. The van der Waals surface area contributed by atoms with E-state index in [-0.39, 0.29) is 13.5 Å². The maximum absolute atomic E-state index is 12.2. The highest BCUT2D eigenvalue weighted by atomic mass is 19.4. The van der Waals surface area contributed by atoms with Gasteiger partial charge in [-0.25, -0.2) is 0 Å². The molecule has 0 heterocycles. The van der Waals surface area contributed by atoms with Crippen LogP contribution in [0.5, 0.6) is 0 Å². The van der Waals surface area contributed by atoms with Crippen LogP contribution < -0.4 is 5.32 Å². The van der Waals surface area contributed by atoms with Gasteiger partial charge in [0.2, 0.25) is 0 Å². The van der Waals surface area contributed by atoms with Gasteiger partial charge in [0, 0.05) is 6.54 Å². The predicted octanol–water partition coefficient (Wildman–Crippen LogP) is 2.11. The van der Waals surface area contributed by atoms with E-state index in [2.05, 4.69) is 10.1 Å². The van der Waals surface area contributed by atoms with Gasteiger partial charge in [-0.1, -0.05) is 0 Å². The van der Waals surface area contributed by atoms with Gasteiger partial charge in [-0.2, -0.15) is 26.3 Å². The number of halogens is 6. The van der Waals surface area contributed by atoms with Gasteiger partial charge in [0.1, 0.15) is 0 Å². The van der Waals surface area contributed by atoms with E-state index in [1.54, 1.807) is 0 Å². The van der Waals surface area contributed by atoms with Crippen LogP contribution in [0.15, 0.2) is 0 Å². The number of rotatable bonds is 4. The standard InChI is InChI=1S/C7H11F6NO/c1-5(6(8,9)10,7(11,12)13)15-4-3-14-2/h14H,3-4H2,1-2H3. The first-order valence-corrected chi connectivity index (χ1v) is 3.98.